The standard InChI is InChI=1S/C22H35NO3/c1-21-8-7-18-16(17(21)6-4-15(21)13-23)5-3-14-11-19(25)20(26-10-9-24)12-22(14,18)2/h14-20,24-25H,3-12H2,1-2H3. The fourth-order valence-electron chi connectivity index (χ4n) is 7.84. The van der Waals surface area contributed by atoms with E-state index in [1.807, 2.05) is 0 Å². The van der Waals surface area contributed by atoms with Crippen LogP contribution in [0.15, 0.2) is 0 Å². The summed E-state index contributed by atoms with van der Waals surface area (Å²) in [6, 6.07) is 2.62. The fraction of sp³-hybridized carbons (Fsp3) is 0.955. The number of nitrogens with zero attached hydrogens (tertiary/aromatic N) is 1. The van der Waals surface area contributed by atoms with Crippen molar-refractivity contribution in [3.8, 4) is 6.07 Å². The molecule has 0 aromatic rings. The Hall–Kier alpha value is -0.630. The quantitative estimate of drug-likeness (QED) is 0.807. The molecule has 0 heterocycles. The van der Waals surface area contributed by atoms with Gasteiger partial charge in [-0.15, -0.1) is 0 Å². The van der Waals surface area contributed by atoms with E-state index in [0.717, 1.165) is 25.2 Å². The average Bonchev–Trinajstić information content (AvgIpc) is 2.97. The van der Waals surface area contributed by atoms with Crippen LogP contribution in [-0.2, 0) is 4.74 Å². The lowest BCUT2D eigenvalue weighted by Crippen LogP contribution is -2.57. The molecule has 0 spiro atoms. The summed E-state index contributed by atoms with van der Waals surface area (Å²) in [7, 11) is 0. The van der Waals surface area contributed by atoms with Crippen molar-refractivity contribution in [2.24, 2.45) is 40.4 Å². The van der Waals surface area contributed by atoms with E-state index in [2.05, 4.69) is 19.9 Å². The van der Waals surface area contributed by atoms with Crippen LogP contribution >= 0.6 is 0 Å². The van der Waals surface area contributed by atoms with Crippen LogP contribution < -0.4 is 0 Å². The largest absolute Gasteiger partial charge is 0.394 e. The molecule has 2 N–H and O–H groups in total. The molecule has 9 unspecified atom stereocenters. The molecule has 26 heavy (non-hydrogen) atoms. The first-order valence-corrected chi connectivity index (χ1v) is 10.7. The van der Waals surface area contributed by atoms with Gasteiger partial charge in [-0.3, -0.25) is 0 Å². The minimum absolute atomic E-state index is 0.0192. The maximum absolute atomic E-state index is 10.6. The zero-order chi connectivity index (χ0) is 18.5. The third-order valence-electron chi connectivity index (χ3n) is 9.24. The van der Waals surface area contributed by atoms with Gasteiger partial charge >= 0.3 is 0 Å². The van der Waals surface area contributed by atoms with Crippen molar-refractivity contribution in [2.75, 3.05) is 13.2 Å². The maximum atomic E-state index is 10.6. The molecule has 4 nitrogen and oxygen atoms in total. The number of hydrogen-bond donors (Lipinski definition) is 2. The highest BCUT2D eigenvalue weighted by Gasteiger charge is 2.61. The summed E-state index contributed by atoms with van der Waals surface area (Å²) in [5.74, 6) is 2.97. The SMILES string of the molecule is CC12CCC3C(CCC4CC(O)C(OCCO)CC43C)C1CCC2C#N. The molecule has 0 aromatic heterocycles. The van der Waals surface area contributed by atoms with Gasteiger partial charge in [-0.1, -0.05) is 13.8 Å². The monoisotopic (exact) mass is 361 g/mol. The van der Waals surface area contributed by atoms with Crippen molar-refractivity contribution < 1.29 is 14.9 Å². The van der Waals surface area contributed by atoms with E-state index in [0.29, 0.717) is 24.4 Å². The summed E-state index contributed by atoms with van der Waals surface area (Å²) in [5, 5.41) is 29.3. The lowest BCUT2D eigenvalue weighted by molar-refractivity contribution is -0.172. The summed E-state index contributed by atoms with van der Waals surface area (Å²) in [4.78, 5) is 0. The summed E-state index contributed by atoms with van der Waals surface area (Å²) in [6.45, 7) is 5.18. The van der Waals surface area contributed by atoms with E-state index in [1.54, 1.807) is 0 Å². The molecule has 4 heteroatoms. The van der Waals surface area contributed by atoms with E-state index < -0.39 is 0 Å². The van der Waals surface area contributed by atoms with Gasteiger partial charge in [0.25, 0.3) is 0 Å². The average molecular weight is 362 g/mol. The highest BCUT2D eigenvalue weighted by molar-refractivity contribution is 5.13. The molecular weight excluding hydrogens is 326 g/mol. The van der Waals surface area contributed by atoms with Gasteiger partial charge in [0.05, 0.1) is 37.4 Å². The third kappa shape index (κ3) is 2.65. The van der Waals surface area contributed by atoms with Gasteiger partial charge in [0.2, 0.25) is 0 Å². The predicted molar refractivity (Wildman–Crippen MR) is 99.0 cm³/mol. The van der Waals surface area contributed by atoms with Crippen LogP contribution in [0.5, 0.6) is 0 Å². The number of nitriles is 1. The zero-order valence-electron chi connectivity index (χ0n) is 16.4. The van der Waals surface area contributed by atoms with Gasteiger partial charge in [-0.25, -0.2) is 0 Å². The molecular formula is C22H35NO3. The number of aliphatic hydroxyl groups excluding tert-OH is 2. The van der Waals surface area contributed by atoms with Crippen LogP contribution in [0.25, 0.3) is 0 Å². The van der Waals surface area contributed by atoms with Crippen molar-refractivity contribution >= 4 is 0 Å². The van der Waals surface area contributed by atoms with Gasteiger partial charge in [0, 0.05) is 0 Å². The lowest BCUT2D eigenvalue weighted by Gasteiger charge is -2.61. The number of ether oxygens (including phenoxy) is 1. The molecule has 9 atom stereocenters. The Labute approximate surface area is 157 Å². The molecule has 0 aromatic carbocycles. The number of rotatable bonds is 3. The number of fused-ring (bicyclic) bond motifs is 5. The zero-order valence-corrected chi connectivity index (χ0v) is 16.4. The third-order valence-corrected chi connectivity index (χ3v) is 9.24. The Morgan fingerprint density at radius 1 is 1.08 bits per heavy atom. The smallest absolute Gasteiger partial charge is 0.0840 e. The van der Waals surface area contributed by atoms with Crippen molar-refractivity contribution in [3.63, 3.8) is 0 Å². The minimum Gasteiger partial charge on any atom is -0.394 e. The Morgan fingerprint density at radius 3 is 2.58 bits per heavy atom. The Bertz CT molecular complexity index is 574. The summed E-state index contributed by atoms with van der Waals surface area (Å²) < 4.78 is 5.84. The highest BCUT2D eigenvalue weighted by Crippen LogP contribution is 2.67. The number of aliphatic hydroxyl groups is 2. The van der Waals surface area contributed by atoms with Crippen LogP contribution in [0.4, 0.5) is 0 Å². The Morgan fingerprint density at radius 2 is 1.85 bits per heavy atom. The molecule has 0 amide bonds. The van der Waals surface area contributed by atoms with Gasteiger partial charge in [-0.05, 0) is 85.9 Å². The van der Waals surface area contributed by atoms with Crippen LogP contribution in [0, 0.1) is 51.8 Å². The van der Waals surface area contributed by atoms with Crippen molar-refractivity contribution in [1.29, 1.82) is 5.26 Å². The van der Waals surface area contributed by atoms with Crippen LogP contribution in [-0.4, -0.2) is 35.6 Å². The van der Waals surface area contributed by atoms with Crippen LogP contribution in [0.3, 0.4) is 0 Å². The summed E-state index contributed by atoms with van der Waals surface area (Å²) in [5.41, 5.74) is 0.453. The second-order valence-electron chi connectivity index (χ2n) is 10.1. The van der Waals surface area contributed by atoms with Crippen molar-refractivity contribution in [3.05, 3.63) is 0 Å². The van der Waals surface area contributed by atoms with Gasteiger partial charge in [0.1, 0.15) is 0 Å². The summed E-state index contributed by atoms with van der Waals surface area (Å²) >= 11 is 0. The first-order chi connectivity index (χ1) is 12.4. The van der Waals surface area contributed by atoms with Crippen LogP contribution in [0.1, 0.15) is 65.2 Å². The minimum atomic E-state index is -0.389. The second-order valence-corrected chi connectivity index (χ2v) is 10.1. The normalized spacial score (nSPS) is 53.3. The maximum Gasteiger partial charge on any atom is 0.0840 e. The lowest BCUT2D eigenvalue weighted by atomic mass is 9.44. The van der Waals surface area contributed by atoms with Gasteiger partial charge in [-0.2, -0.15) is 5.26 Å². The summed E-state index contributed by atoms with van der Waals surface area (Å²) in [6.07, 6.45) is 8.46. The van der Waals surface area contributed by atoms with Crippen molar-refractivity contribution in [1.82, 2.24) is 0 Å². The van der Waals surface area contributed by atoms with Crippen LogP contribution in [0.2, 0.25) is 0 Å². The topological polar surface area (TPSA) is 73.5 Å². The molecule has 146 valence electrons. The molecule has 0 bridgehead atoms. The molecule has 4 aliphatic carbocycles. The molecule has 4 aliphatic rings. The van der Waals surface area contributed by atoms with Gasteiger partial charge < -0.3 is 14.9 Å². The molecule has 4 saturated carbocycles. The molecule has 0 saturated heterocycles. The first kappa shape index (κ1) is 18.7. The fourth-order valence-corrected chi connectivity index (χ4v) is 7.84. The Balaban J connectivity index is 1.57. The van der Waals surface area contributed by atoms with Crippen molar-refractivity contribution in [2.45, 2.75) is 77.4 Å². The number of hydrogen-bond acceptors (Lipinski definition) is 4. The van der Waals surface area contributed by atoms with E-state index in [-0.39, 0.29) is 35.6 Å². The van der Waals surface area contributed by atoms with E-state index in [1.165, 1.54) is 32.1 Å². The second kappa shape index (κ2) is 6.76. The predicted octanol–water partition coefficient (Wildman–Crippen LogP) is 3.52. The van der Waals surface area contributed by atoms with E-state index in [4.69, 9.17) is 9.84 Å². The molecule has 4 rings (SSSR count). The molecule has 4 fully saturated rings. The highest BCUT2D eigenvalue weighted by atomic mass is 16.5. The molecule has 0 aliphatic heterocycles. The molecule has 0 radical (unpaired) electrons. The first-order valence-electron chi connectivity index (χ1n) is 10.7. The van der Waals surface area contributed by atoms with E-state index in [9.17, 15) is 10.4 Å². The Kier molecular flexibility index (Phi) is 4.87. The van der Waals surface area contributed by atoms with Gasteiger partial charge in [0.15, 0.2) is 0 Å². The van der Waals surface area contributed by atoms with E-state index >= 15 is 0 Å².